The number of phosphoric ester groups is 2. The van der Waals surface area contributed by atoms with Crippen molar-refractivity contribution in [1.82, 2.24) is 39.0 Å². The van der Waals surface area contributed by atoms with Crippen LogP contribution in [0.2, 0.25) is 0 Å². The molecule has 0 amide bonds. The van der Waals surface area contributed by atoms with Gasteiger partial charge in [0, 0.05) is 12.0 Å². The first kappa shape index (κ1) is 42.9. The Bertz CT molecular complexity index is 2300. The summed E-state index contributed by atoms with van der Waals surface area (Å²) in [6.45, 7) is 6.69. The Hall–Kier alpha value is -4.25. The average molecular weight is 871 g/mol. The van der Waals surface area contributed by atoms with Gasteiger partial charge in [0.15, 0.2) is 35.3 Å². The molecule has 7 rings (SSSR count). The SMILES string of the molecule is CC(C)(C)C(=O)OCOP1(=O)OC[C@H]2C[C@@H](n3cnc4c(N)ncnc43)C[C@H]2OP(=O)(OCOC(=O)C(C)(C)C)OC[C@H]2O[C@@H](n3cnc4c(N)ncnc43)[C@@H](F)C2O1. The molecule has 23 nitrogen and oxygen atoms in total. The molecule has 2 saturated heterocycles. The Balaban J connectivity index is 1.22. The van der Waals surface area contributed by atoms with Gasteiger partial charge in [-0.25, -0.2) is 52.5 Å². The van der Waals surface area contributed by atoms with Crippen molar-refractivity contribution in [1.29, 1.82) is 0 Å². The second-order valence-corrected chi connectivity index (χ2v) is 19.4. The Morgan fingerprint density at radius 1 is 0.763 bits per heavy atom. The first-order chi connectivity index (χ1) is 27.8. The van der Waals surface area contributed by atoms with Crippen LogP contribution >= 0.6 is 15.6 Å². The van der Waals surface area contributed by atoms with Gasteiger partial charge in [0.2, 0.25) is 13.6 Å². The third-order valence-electron chi connectivity index (χ3n) is 9.70. The quantitative estimate of drug-likeness (QED) is 0.143. The van der Waals surface area contributed by atoms with E-state index in [1.54, 1.807) is 46.1 Å². The van der Waals surface area contributed by atoms with Gasteiger partial charge >= 0.3 is 27.6 Å². The normalized spacial score (nSPS) is 30.7. The van der Waals surface area contributed by atoms with E-state index in [0.29, 0.717) is 11.2 Å². The maximum Gasteiger partial charge on any atom is 0.478 e. The van der Waals surface area contributed by atoms with E-state index in [0.717, 1.165) is 6.33 Å². The van der Waals surface area contributed by atoms with Crippen molar-refractivity contribution in [3.63, 3.8) is 0 Å². The molecule has 26 heteroatoms. The van der Waals surface area contributed by atoms with Crippen molar-refractivity contribution in [3.8, 4) is 0 Å². The molecular formula is C33H45FN10O13P2. The number of hydrogen-bond acceptors (Lipinski definition) is 21. The highest BCUT2D eigenvalue weighted by atomic mass is 31.2. The molecular weight excluding hydrogens is 825 g/mol. The first-order valence-corrected chi connectivity index (χ1v) is 21.3. The summed E-state index contributed by atoms with van der Waals surface area (Å²) < 4.78 is 100. The van der Waals surface area contributed by atoms with Crippen LogP contribution in [-0.2, 0) is 60.1 Å². The summed E-state index contributed by atoms with van der Waals surface area (Å²) in [6, 6.07) is -0.458. The number of nitrogen functional groups attached to an aromatic ring is 2. The van der Waals surface area contributed by atoms with Gasteiger partial charge in [-0.15, -0.1) is 0 Å². The molecule has 59 heavy (non-hydrogen) atoms. The highest BCUT2D eigenvalue weighted by molar-refractivity contribution is 7.48. The highest BCUT2D eigenvalue weighted by Crippen LogP contribution is 2.59. The zero-order chi connectivity index (χ0) is 42.5. The Labute approximate surface area is 336 Å². The molecule has 2 aliphatic heterocycles. The molecule has 3 fully saturated rings. The number of carbonyl (C=O) groups excluding carboxylic acids is 2. The van der Waals surface area contributed by atoms with Crippen LogP contribution in [0.15, 0.2) is 25.3 Å². The molecule has 3 aliphatic rings. The molecule has 0 aromatic carbocycles. The Morgan fingerprint density at radius 2 is 1.29 bits per heavy atom. The summed E-state index contributed by atoms with van der Waals surface area (Å²) in [5.41, 5.74) is 11.1. The van der Waals surface area contributed by atoms with Gasteiger partial charge in [0.25, 0.3) is 0 Å². The molecule has 6 heterocycles. The fraction of sp³-hybridized carbons (Fsp3) is 0.636. The summed E-state index contributed by atoms with van der Waals surface area (Å²) in [6.07, 6.45) is -2.67. The zero-order valence-electron chi connectivity index (χ0n) is 32.9. The number of nitrogens with two attached hydrogens (primary N) is 2. The smallest absolute Gasteiger partial charge is 0.437 e. The van der Waals surface area contributed by atoms with Crippen LogP contribution in [-0.4, -0.2) is 102 Å². The molecule has 3 unspecified atom stereocenters. The molecule has 4 N–H and O–H groups in total. The van der Waals surface area contributed by atoms with Gasteiger partial charge in [-0.1, -0.05) is 0 Å². The van der Waals surface area contributed by atoms with E-state index < -0.39 is 108 Å². The topological polar surface area (TPSA) is 291 Å². The van der Waals surface area contributed by atoms with E-state index in [2.05, 4.69) is 29.9 Å². The molecule has 0 radical (unpaired) electrons. The highest BCUT2D eigenvalue weighted by Gasteiger charge is 2.54. The van der Waals surface area contributed by atoms with Crippen LogP contribution in [0.4, 0.5) is 16.0 Å². The number of esters is 2. The standard InChI is InChI=1S/C33H45FN10O13P2/c1-32(2,3)30(45)49-15-53-58(47)52-10-20-24(21(34)29(55-20)44-14-42-23-26(36)38-12-40-28(23)44)57-59(48,54-16-50-31(46)33(4,5)6)51-9-17-7-18(8-19(17)56-58)43-13-41-22-25(35)37-11-39-27(22)43/h11-14,17-21,24,29H,7-10,15-16H2,1-6H3,(H2,35,37,39)(H2,36,38,40)/t17-,18-,19-,20-,21+,24?,29-,58?,59?/m1/s1. The van der Waals surface area contributed by atoms with E-state index in [-0.39, 0.29) is 35.6 Å². The van der Waals surface area contributed by atoms with Crippen molar-refractivity contribution in [2.45, 2.75) is 91.1 Å². The largest absolute Gasteiger partial charge is 0.478 e. The van der Waals surface area contributed by atoms with Crippen LogP contribution in [0.3, 0.4) is 0 Å². The van der Waals surface area contributed by atoms with E-state index in [1.165, 1.54) is 23.5 Å². The molecule has 9 atom stereocenters. The maximum atomic E-state index is 16.8. The molecule has 0 spiro atoms. The number of aromatic nitrogens is 8. The second kappa shape index (κ2) is 16.3. The maximum absolute atomic E-state index is 16.8. The lowest BCUT2D eigenvalue weighted by molar-refractivity contribution is -0.161. The number of ether oxygens (including phenoxy) is 3. The lowest BCUT2D eigenvalue weighted by atomic mass is 9.98. The summed E-state index contributed by atoms with van der Waals surface area (Å²) in [4.78, 5) is 50.1. The summed E-state index contributed by atoms with van der Waals surface area (Å²) in [5, 5.41) is 0. The van der Waals surface area contributed by atoms with Gasteiger partial charge in [0.1, 0.15) is 35.9 Å². The monoisotopic (exact) mass is 870 g/mol. The van der Waals surface area contributed by atoms with Crippen LogP contribution in [0, 0.1) is 16.7 Å². The molecule has 1 saturated carbocycles. The minimum atomic E-state index is -4.88. The van der Waals surface area contributed by atoms with Crippen LogP contribution < -0.4 is 11.5 Å². The Morgan fingerprint density at radius 3 is 1.86 bits per heavy atom. The number of nitrogens with zero attached hydrogens (tertiary/aromatic N) is 8. The number of fused-ring (bicyclic) bond motifs is 4. The van der Waals surface area contributed by atoms with Gasteiger partial charge in [-0.3, -0.25) is 32.3 Å². The number of carbonyl (C=O) groups is 2. The molecule has 4 aromatic rings. The molecule has 322 valence electrons. The number of rotatable bonds is 8. The van der Waals surface area contributed by atoms with Crippen molar-refractivity contribution < 1.29 is 64.5 Å². The fourth-order valence-corrected chi connectivity index (χ4v) is 9.15. The number of hydrogen-bond donors (Lipinski definition) is 2. The first-order valence-electron chi connectivity index (χ1n) is 18.4. The van der Waals surface area contributed by atoms with Gasteiger partial charge in [-0.2, -0.15) is 0 Å². The van der Waals surface area contributed by atoms with Gasteiger partial charge < -0.3 is 30.2 Å². The van der Waals surface area contributed by atoms with E-state index >= 15 is 4.39 Å². The fourth-order valence-electron chi connectivity index (χ4n) is 6.55. The van der Waals surface area contributed by atoms with Crippen molar-refractivity contribution >= 4 is 61.5 Å². The van der Waals surface area contributed by atoms with Crippen molar-refractivity contribution in [2.24, 2.45) is 16.7 Å². The van der Waals surface area contributed by atoms with Crippen molar-refractivity contribution in [2.75, 3.05) is 38.3 Å². The number of phosphoric acid groups is 2. The van der Waals surface area contributed by atoms with Crippen LogP contribution in [0.25, 0.3) is 22.3 Å². The summed E-state index contributed by atoms with van der Waals surface area (Å²) >= 11 is 0. The molecule has 1 aliphatic carbocycles. The predicted octanol–water partition coefficient (Wildman–Crippen LogP) is 4.18. The lowest BCUT2D eigenvalue weighted by Gasteiger charge is -2.30. The molecule has 0 bridgehead atoms. The minimum absolute atomic E-state index is 0.0122. The van der Waals surface area contributed by atoms with Crippen molar-refractivity contribution in [3.05, 3.63) is 25.3 Å². The van der Waals surface area contributed by atoms with Crippen LogP contribution in [0.1, 0.15) is 66.7 Å². The van der Waals surface area contributed by atoms with Gasteiger partial charge in [-0.05, 0) is 54.4 Å². The van der Waals surface area contributed by atoms with E-state index in [1.807, 2.05) is 0 Å². The third kappa shape index (κ3) is 9.10. The summed E-state index contributed by atoms with van der Waals surface area (Å²) in [5.74, 6) is -1.97. The molecule has 4 aromatic heterocycles. The Kier molecular flexibility index (Phi) is 11.9. The second-order valence-electron chi connectivity index (χ2n) is 16.1. The predicted molar refractivity (Wildman–Crippen MR) is 200 cm³/mol. The number of anilines is 2. The minimum Gasteiger partial charge on any atom is -0.437 e. The lowest BCUT2D eigenvalue weighted by Crippen LogP contribution is -2.35. The number of imidazole rings is 2. The van der Waals surface area contributed by atoms with E-state index in [9.17, 15) is 18.7 Å². The average Bonchev–Trinajstić information content (AvgIpc) is 3.95. The number of halogens is 1. The van der Waals surface area contributed by atoms with Gasteiger partial charge in [0.05, 0.1) is 42.8 Å². The third-order valence-corrected chi connectivity index (χ3v) is 12.5. The number of alkyl halides is 1. The van der Waals surface area contributed by atoms with Crippen LogP contribution in [0.5, 0.6) is 0 Å². The zero-order valence-corrected chi connectivity index (χ0v) is 34.7. The summed E-state index contributed by atoms with van der Waals surface area (Å²) in [7, 11) is -9.63. The van der Waals surface area contributed by atoms with E-state index in [4.69, 9.17) is 52.8 Å².